The minimum absolute atomic E-state index is 0.136. The van der Waals surface area contributed by atoms with E-state index in [2.05, 4.69) is 31.9 Å². The van der Waals surface area contributed by atoms with Crippen molar-refractivity contribution in [1.82, 2.24) is 21.3 Å². The Bertz CT molecular complexity index is 4860. The zero-order chi connectivity index (χ0) is 83.0. The lowest BCUT2D eigenvalue weighted by Gasteiger charge is -2.23. The van der Waals surface area contributed by atoms with Gasteiger partial charge in [0.05, 0.1) is 16.7 Å². The number of anilines is 3. The van der Waals surface area contributed by atoms with Gasteiger partial charge in [-0.3, -0.25) is 14.4 Å². The molecule has 0 saturated carbocycles. The minimum Gasteiger partial charge on any atom is -0.479 e. The molecule has 6 amide bonds. The van der Waals surface area contributed by atoms with Crippen molar-refractivity contribution >= 4 is 109 Å². The molecule has 3 aliphatic carbocycles. The van der Waals surface area contributed by atoms with Crippen LogP contribution < -0.4 is 37.6 Å². The normalized spacial score (nSPS) is 13.5. The van der Waals surface area contributed by atoms with Crippen LogP contribution in [0.5, 0.6) is 0 Å². The van der Waals surface area contributed by atoms with E-state index in [9.17, 15) is 53.1 Å². The molecule has 0 saturated heterocycles. The van der Waals surface area contributed by atoms with Crippen LogP contribution in [0.3, 0.4) is 0 Å². The van der Waals surface area contributed by atoms with Gasteiger partial charge in [-0.25, -0.2) is 33.6 Å². The number of hydrogen-bond acceptors (Lipinski definition) is 19. The van der Waals surface area contributed by atoms with Gasteiger partial charge in [0.2, 0.25) is 0 Å². The number of aromatic carboxylic acids is 1. The van der Waals surface area contributed by atoms with E-state index in [0.29, 0.717) is 62.0 Å². The van der Waals surface area contributed by atoms with E-state index in [4.69, 9.17) is 34.5 Å². The highest BCUT2D eigenvalue weighted by Gasteiger charge is 2.34. The Kier molecular flexibility index (Phi) is 31.0. The van der Waals surface area contributed by atoms with E-state index in [-0.39, 0.29) is 29.7 Å². The Labute approximate surface area is 681 Å². The maximum atomic E-state index is 13.6. The predicted octanol–water partition coefficient (Wildman–Crippen LogP) is 17.6. The zero-order valence-electron chi connectivity index (χ0n) is 65.9. The summed E-state index contributed by atoms with van der Waals surface area (Å²) in [5.41, 5.74) is 12.5. The maximum absolute atomic E-state index is 13.6. The molecule has 0 spiro atoms. The Hall–Kier alpha value is -11.7. The standard InChI is InChI=1S/C30H33N3O6S.C29H32N2O5S.C16H17NO2S.C13H17NO4/c1-30(2,3)39-29(38)31-17-18-10-9-13-20(16-18)25(34)32-24(19-11-5-4-6-12-19)26(35)33-27-23(28(36)37)21-14-7-8-15-22(21)40-27;1-29(2,3)36-28(34)30-24(20-14-8-5-9-15-20)25(32)31-26-23(21-16-10-11-17-22(21)37-26)27(33)35-18-19-12-6-4-7-13-19;17-15-14(12-8-4-5-9-13(12)20-15)16(18)19-10-11-6-2-1-3-7-11;1-13(2,3)18-12(17)14-10(11(15)16)9-7-5-4-6-8-9/h4-6,9-13,16,24H,7-8,14-15,17H2,1-3H3,(H,31,38)(H,32,34)(H,33,35)(H,36,37);4-9,12-15,24H,10-11,16-18H2,1-3H3,(H,30,34)(H,31,32);1-3,6-7H,4-5,8-10,17H2;4-8,10H,1-3H3,(H,14,17)(H,15,16). The van der Waals surface area contributed by atoms with Crippen molar-refractivity contribution in [2.45, 2.75) is 194 Å². The van der Waals surface area contributed by atoms with Crippen LogP contribution >= 0.6 is 34.0 Å². The van der Waals surface area contributed by atoms with Gasteiger partial charge in [0.25, 0.3) is 17.7 Å². The molecule has 0 fully saturated rings. The zero-order valence-corrected chi connectivity index (χ0v) is 68.4. The van der Waals surface area contributed by atoms with Crippen LogP contribution in [0.2, 0.25) is 0 Å². The molecule has 3 aromatic heterocycles. The highest BCUT2D eigenvalue weighted by Crippen LogP contribution is 2.42. The number of nitrogens with two attached hydrogens (primary N) is 1. The molecule has 115 heavy (non-hydrogen) atoms. The third-order valence-electron chi connectivity index (χ3n) is 17.9. The number of hydrogen-bond donors (Lipinski definition) is 9. The minimum atomic E-state index is -1.13. The van der Waals surface area contributed by atoms with Crippen molar-refractivity contribution < 1.29 is 81.8 Å². The van der Waals surface area contributed by atoms with Crippen molar-refractivity contribution in [3.63, 3.8) is 0 Å². The number of thiophene rings is 3. The Morgan fingerprint density at radius 1 is 0.409 bits per heavy atom. The summed E-state index contributed by atoms with van der Waals surface area (Å²) in [7, 11) is 0. The maximum Gasteiger partial charge on any atom is 0.408 e. The van der Waals surface area contributed by atoms with Gasteiger partial charge in [-0.2, -0.15) is 0 Å². The summed E-state index contributed by atoms with van der Waals surface area (Å²) in [4.78, 5) is 129. The van der Waals surface area contributed by atoms with E-state index in [1.54, 1.807) is 183 Å². The lowest BCUT2D eigenvalue weighted by molar-refractivity contribution is -0.139. The average molecular weight is 1620 g/mol. The van der Waals surface area contributed by atoms with Gasteiger partial charge < -0.3 is 71.5 Å². The number of carbonyl (C=O) groups excluding carboxylic acids is 8. The van der Waals surface area contributed by atoms with Gasteiger partial charge >= 0.3 is 42.2 Å². The Balaban J connectivity index is 0.000000185. The van der Waals surface area contributed by atoms with Crippen molar-refractivity contribution in [2.75, 3.05) is 16.4 Å². The first kappa shape index (κ1) is 87.3. The molecule has 3 atom stereocenters. The number of aliphatic carboxylic acids is 1. The van der Waals surface area contributed by atoms with Crippen molar-refractivity contribution in [3.8, 4) is 0 Å². The number of benzene rings is 6. The summed E-state index contributed by atoms with van der Waals surface area (Å²) in [6, 6.07) is 48.9. The number of esters is 2. The van der Waals surface area contributed by atoms with E-state index in [0.717, 1.165) is 102 Å². The first-order valence-electron chi connectivity index (χ1n) is 38.0. The van der Waals surface area contributed by atoms with Crippen LogP contribution in [-0.2, 0) is 96.4 Å². The number of fused-ring (bicyclic) bond motifs is 3. The summed E-state index contributed by atoms with van der Waals surface area (Å²) in [5.74, 6) is -4.46. The summed E-state index contributed by atoms with van der Waals surface area (Å²) in [5, 5.41) is 36.5. The molecule has 10 N–H and O–H groups in total. The van der Waals surface area contributed by atoms with Crippen LogP contribution in [0.15, 0.2) is 176 Å². The molecule has 0 radical (unpaired) electrons. The highest BCUT2D eigenvalue weighted by atomic mass is 32.1. The third-order valence-corrected chi connectivity index (χ3v) is 21.4. The van der Waals surface area contributed by atoms with E-state index < -0.39 is 88.8 Å². The number of carboxylic acids is 2. The monoisotopic (exact) mass is 1620 g/mol. The van der Waals surface area contributed by atoms with Gasteiger partial charge in [-0.1, -0.05) is 164 Å². The number of aryl methyl sites for hydroxylation is 3. The van der Waals surface area contributed by atoms with Crippen molar-refractivity contribution in [2.24, 2.45) is 0 Å². The largest absolute Gasteiger partial charge is 0.479 e. The van der Waals surface area contributed by atoms with E-state index in [1.807, 2.05) is 66.7 Å². The second-order valence-corrected chi connectivity index (χ2v) is 33.7. The number of carbonyl (C=O) groups is 10. The summed E-state index contributed by atoms with van der Waals surface area (Å²) in [6.07, 6.45) is 9.24. The molecule has 12 rings (SSSR count). The molecule has 3 aliphatic rings. The van der Waals surface area contributed by atoms with Crippen molar-refractivity contribution in [3.05, 3.63) is 263 Å². The fourth-order valence-electron chi connectivity index (χ4n) is 12.7. The summed E-state index contributed by atoms with van der Waals surface area (Å²) in [6.45, 7) is 16.3. The van der Waals surface area contributed by atoms with Crippen LogP contribution in [0.1, 0.15) is 225 Å². The fourth-order valence-corrected chi connectivity index (χ4v) is 16.4. The van der Waals surface area contributed by atoms with Gasteiger partial charge in [0, 0.05) is 26.7 Å². The molecular weight excluding hydrogens is 1520 g/mol. The molecule has 9 aromatic rings. The van der Waals surface area contributed by atoms with E-state index >= 15 is 0 Å². The topological polar surface area (TPSA) is 356 Å². The number of nitrogens with one attached hydrogen (secondary N) is 6. The van der Waals surface area contributed by atoms with Gasteiger partial charge in [0.15, 0.2) is 6.04 Å². The second-order valence-electron chi connectivity index (χ2n) is 30.4. The number of rotatable bonds is 21. The van der Waals surface area contributed by atoms with Gasteiger partial charge in [-0.15, -0.1) is 34.0 Å². The number of amides is 6. The highest BCUT2D eigenvalue weighted by molar-refractivity contribution is 7.17. The molecule has 0 aliphatic heterocycles. The molecule has 0 bridgehead atoms. The smallest absolute Gasteiger partial charge is 0.408 e. The average Bonchev–Trinajstić information content (AvgIpc) is 1.66. The van der Waals surface area contributed by atoms with Crippen LogP contribution in [0, 0.1) is 0 Å². The first-order valence-corrected chi connectivity index (χ1v) is 40.4. The van der Waals surface area contributed by atoms with Gasteiger partial charge in [0.1, 0.15) is 57.1 Å². The first-order chi connectivity index (χ1) is 54.8. The number of carboxylic acid groups (broad SMARTS) is 2. The number of ether oxygens (including phenoxy) is 5. The molecule has 3 heterocycles. The summed E-state index contributed by atoms with van der Waals surface area (Å²) >= 11 is 4.24. The molecular formula is C88H99N7O17S3. The Morgan fingerprint density at radius 3 is 1.20 bits per heavy atom. The molecule has 6 aromatic carbocycles. The Morgan fingerprint density at radius 2 is 0.765 bits per heavy atom. The number of nitrogen functional groups attached to an aromatic ring is 1. The fraction of sp³-hybridized carbons (Fsp3) is 0.341. The SMILES string of the molecule is CC(C)(C)OC(=O)NC(C(=O)Nc1sc2c(c1C(=O)OCc1ccccc1)CCCC2)c1ccccc1.CC(C)(C)OC(=O)NC(C(=O)O)c1ccccc1.CC(C)(C)OC(=O)NCc1cccc(C(=O)NC(C(=O)Nc2sc3c(c2C(=O)O)CCCC3)c2ccccc2)c1.Nc1sc2c(c1C(=O)OCc1ccccc1)CCCC2. The molecule has 27 heteroatoms. The molecule has 3 unspecified atom stereocenters. The van der Waals surface area contributed by atoms with Crippen LogP contribution in [0.4, 0.5) is 29.4 Å². The second kappa shape index (κ2) is 40.9. The quantitative estimate of drug-likeness (QED) is 0.0238. The third kappa shape index (κ3) is 26.4. The lowest BCUT2D eigenvalue weighted by atomic mass is 9.95. The van der Waals surface area contributed by atoms with Crippen LogP contribution in [0.25, 0.3) is 0 Å². The van der Waals surface area contributed by atoms with Crippen molar-refractivity contribution in [1.29, 1.82) is 0 Å². The predicted molar refractivity (Wildman–Crippen MR) is 444 cm³/mol. The molecule has 606 valence electrons. The lowest BCUT2D eigenvalue weighted by Crippen LogP contribution is -2.40. The number of alkyl carbamates (subject to hydrolysis) is 3. The molecule has 24 nitrogen and oxygen atoms in total. The van der Waals surface area contributed by atoms with Gasteiger partial charge in [-0.05, 0) is 202 Å². The van der Waals surface area contributed by atoms with Crippen LogP contribution in [-0.4, -0.2) is 86.9 Å². The van der Waals surface area contributed by atoms with E-state index in [1.165, 1.54) is 34.0 Å². The summed E-state index contributed by atoms with van der Waals surface area (Å²) < 4.78 is 26.7.